The summed E-state index contributed by atoms with van der Waals surface area (Å²) in [7, 11) is 1.93. The van der Waals surface area contributed by atoms with Crippen molar-refractivity contribution in [3.63, 3.8) is 0 Å². The van der Waals surface area contributed by atoms with Gasteiger partial charge in [0.2, 0.25) is 0 Å². The van der Waals surface area contributed by atoms with Crippen molar-refractivity contribution in [3.8, 4) is 28.5 Å². The van der Waals surface area contributed by atoms with Crippen LogP contribution in [0.1, 0.15) is 5.56 Å². The number of rotatable bonds is 2. The fraction of sp³-hybridized carbons (Fsp3) is 0.0476. The summed E-state index contributed by atoms with van der Waals surface area (Å²) in [6.45, 7) is 0. The first-order chi connectivity index (χ1) is 11.8. The van der Waals surface area contributed by atoms with Gasteiger partial charge in [0.25, 0.3) is 0 Å². The quantitative estimate of drug-likeness (QED) is 0.535. The molecule has 3 nitrogen and oxygen atoms in total. The summed E-state index contributed by atoms with van der Waals surface area (Å²) in [5.74, 6) is 0. The van der Waals surface area contributed by atoms with Crippen molar-refractivity contribution in [2.45, 2.75) is 0 Å². The average Bonchev–Trinajstić information content (AvgIpc) is 2.99. The highest BCUT2D eigenvalue weighted by atomic mass is 15.3. The zero-order valence-corrected chi connectivity index (χ0v) is 13.3. The summed E-state index contributed by atoms with van der Waals surface area (Å²) in [5.41, 5.74) is 5.63. The second kappa shape index (κ2) is 5.68. The van der Waals surface area contributed by atoms with Gasteiger partial charge in [-0.05, 0) is 17.7 Å². The fourth-order valence-corrected chi connectivity index (χ4v) is 3.17. The number of aromatic nitrogens is 2. The van der Waals surface area contributed by atoms with Gasteiger partial charge in [-0.25, -0.2) is 0 Å². The summed E-state index contributed by atoms with van der Waals surface area (Å²) in [6.07, 6.45) is 0. The number of fused-ring (bicyclic) bond motifs is 1. The minimum absolute atomic E-state index is 0.663. The molecule has 0 aliphatic carbocycles. The molecule has 0 radical (unpaired) electrons. The summed E-state index contributed by atoms with van der Waals surface area (Å²) < 4.78 is 1.88. The Balaban J connectivity index is 2.09. The molecule has 114 valence electrons. The molecule has 1 aromatic heterocycles. The molecule has 0 saturated carbocycles. The zero-order chi connectivity index (χ0) is 16.5. The van der Waals surface area contributed by atoms with Crippen LogP contribution in [0, 0.1) is 11.3 Å². The first-order valence-electron chi connectivity index (χ1n) is 7.80. The lowest BCUT2D eigenvalue weighted by Gasteiger charge is -2.08. The normalized spacial score (nSPS) is 10.7. The molecular weight excluding hydrogens is 294 g/mol. The molecule has 24 heavy (non-hydrogen) atoms. The number of hydrogen-bond donors (Lipinski definition) is 0. The van der Waals surface area contributed by atoms with Crippen LogP contribution < -0.4 is 0 Å². The van der Waals surface area contributed by atoms with Crippen molar-refractivity contribution in [1.82, 2.24) is 9.78 Å². The van der Waals surface area contributed by atoms with E-state index in [1.807, 2.05) is 72.4 Å². The van der Waals surface area contributed by atoms with Crippen LogP contribution in [0.5, 0.6) is 0 Å². The number of benzene rings is 3. The Morgan fingerprint density at radius 1 is 0.833 bits per heavy atom. The summed E-state index contributed by atoms with van der Waals surface area (Å²) >= 11 is 0. The van der Waals surface area contributed by atoms with E-state index in [4.69, 9.17) is 5.10 Å². The predicted molar refractivity (Wildman–Crippen MR) is 96.3 cm³/mol. The molecule has 0 aliphatic heterocycles. The SMILES string of the molecule is Cn1nc(-c2ccccc2)c2ccc(C#N)c(-c3ccccc3)c21. The molecule has 0 atom stereocenters. The number of aryl methyl sites for hydroxylation is 1. The lowest BCUT2D eigenvalue weighted by molar-refractivity contribution is 0.801. The van der Waals surface area contributed by atoms with Crippen LogP contribution in [0.25, 0.3) is 33.3 Å². The summed E-state index contributed by atoms with van der Waals surface area (Å²) in [6, 6.07) is 26.4. The molecule has 0 fully saturated rings. The maximum Gasteiger partial charge on any atom is 0.100 e. The highest BCUT2D eigenvalue weighted by Gasteiger charge is 2.17. The lowest BCUT2D eigenvalue weighted by Crippen LogP contribution is -1.94. The van der Waals surface area contributed by atoms with E-state index in [0.29, 0.717) is 5.56 Å². The van der Waals surface area contributed by atoms with Crippen LogP contribution in [-0.2, 0) is 7.05 Å². The number of hydrogen-bond acceptors (Lipinski definition) is 2. The zero-order valence-electron chi connectivity index (χ0n) is 13.3. The molecule has 0 saturated heterocycles. The maximum atomic E-state index is 9.57. The molecule has 0 N–H and O–H groups in total. The second-order valence-corrected chi connectivity index (χ2v) is 5.70. The fourth-order valence-electron chi connectivity index (χ4n) is 3.17. The average molecular weight is 309 g/mol. The molecule has 3 heteroatoms. The van der Waals surface area contributed by atoms with Gasteiger partial charge in [0, 0.05) is 23.6 Å². The van der Waals surface area contributed by atoms with Gasteiger partial charge in [-0.15, -0.1) is 0 Å². The predicted octanol–water partition coefficient (Wildman–Crippen LogP) is 4.78. The van der Waals surface area contributed by atoms with E-state index < -0.39 is 0 Å². The molecule has 4 aromatic rings. The standard InChI is InChI=1S/C21H15N3/c1-24-21-18(20(23-24)16-10-6-3-7-11-16)13-12-17(14-22)19(21)15-8-4-2-5-9-15/h2-13H,1H3. The van der Waals surface area contributed by atoms with Crippen LogP contribution in [0.15, 0.2) is 72.8 Å². The lowest BCUT2D eigenvalue weighted by atomic mass is 9.96. The van der Waals surface area contributed by atoms with Gasteiger partial charge in [0.05, 0.1) is 17.1 Å². The third-order valence-electron chi connectivity index (χ3n) is 4.24. The first kappa shape index (κ1) is 14.2. The van der Waals surface area contributed by atoms with E-state index >= 15 is 0 Å². The van der Waals surface area contributed by atoms with E-state index in [2.05, 4.69) is 18.2 Å². The van der Waals surface area contributed by atoms with E-state index in [-0.39, 0.29) is 0 Å². The third-order valence-corrected chi connectivity index (χ3v) is 4.24. The maximum absolute atomic E-state index is 9.57. The van der Waals surface area contributed by atoms with Gasteiger partial charge in [-0.2, -0.15) is 10.4 Å². The highest BCUT2D eigenvalue weighted by Crippen LogP contribution is 2.36. The molecule has 4 rings (SSSR count). The molecule has 0 spiro atoms. The Hall–Kier alpha value is -3.38. The molecule has 0 amide bonds. The van der Waals surface area contributed by atoms with Crippen LogP contribution >= 0.6 is 0 Å². The Kier molecular flexibility index (Phi) is 3.36. The van der Waals surface area contributed by atoms with Crippen molar-refractivity contribution < 1.29 is 0 Å². The summed E-state index contributed by atoms with van der Waals surface area (Å²) in [4.78, 5) is 0. The van der Waals surface area contributed by atoms with E-state index in [1.165, 1.54) is 0 Å². The van der Waals surface area contributed by atoms with E-state index in [1.54, 1.807) is 0 Å². The smallest absolute Gasteiger partial charge is 0.100 e. The number of nitrogens with zero attached hydrogens (tertiary/aromatic N) is 3. The van der Waals surface area contributed by atoms with Crippen molar-refractivity contribution >= 4 is 10.9 Å². The van der Waals surface area contributed by atoms with Gasteiger partial charge in [-0.3, -0.25) is 4.68 Å². The van der Waals surface area contributed by atoms with Crippen molar-refractivity contribution in [2.75, 3.05) is 0 Å². The van der Waals surface area contributed by atoms with Crippen LogP contribution in [0.2, 0.25) is 0 Å². The van der Waals surface area contributed by atoms with E-state index in [0.717, 1.165) is 33.3 Å². The van der Waals surface area contributed by atoms with Gasteiger partial charge in [0.15, 0.2) is 0 Å². The van der Waals surface area contributed by atoms with Gasteiger partial charge in [-0.1, -0.05) is 60.7 Å². The molecule has 0 aliphatic rings. The van der Waals surface area contributed by atoms with Gasteiger partial charge in [0.1, 0.15) is 5.69 Å². The van der Waals surface area contributed by atoms with Crippen LogP contribution in [0.4, 0.5) is 0 Å². The monoisotopic (exact) mass is 309 g/mol. The molecule has 3 aromatic carbocycles. The third kappa shape index (κ3) is 2.17. The van der Waals surface area contributed by atoms with Crippen molar-refractivity contribution in [1.29, 1.82) is 5.26 Å². The first-order valence-corrected chi connectivity index (χ1v) is 7.80. The molecule has 0 unspecified atom stereocenters. The summed E-state index contributed by atoms with van der Waals surface area (Å²) in [5, 5.41) is 15.4. The molecular formula is C21H15N3. The molecule has 1 heterocycles. The van der Waals surface area contributed by atoms with Gasteiger partial charge < -0.3 is 0 Å². The topological polar surface area (TPSA) is 41.6 Å². The molecule has 0 bridgehead atoms. The highest BCUT2D eigenvalue weighted by molar-refractivity contribution is 6.03. The Bertz CT molecular complexity index is 1060. The van der Waals surface area contributed by atoms with Crippen LogP contribution in [0.3, 0.4) is 0 Å². The van der Waals surface area contributed by atoms with Crippen molar-refractivity contribution in [3.05, 3.63) is 78.4 Å². The Morgan fingerprint density at radius 3 is 2.08 bits per heavy atom. The van der Waals surface area contributed by atoms with Crippen molar-refractivity contribution in [2.24, 2.45) is 7.05 Å². The minimum atomic E-state index is 0.663. The van der Waals surface area contributed by atoms with Crippen LogP contribution in [-0.4, -0.2) is 9.78 Å². The van der Waals surface area contributed by atoms with E-state index in [9.17, 15) is 5.26 Å². The van der Waals surface area contributed by atoms with Gasteiger partial charge >= 0.3 is 0 Å². The Morgan fingerprint density at radius 2 is 1.46 bits per heavy atom. The largest absolute Gasteiger partial charge is 0.267 e. The second-order valence-electron chi connectivity index (χ2n) is 5.70. The number of nitriles is 1. The minimum Gasteiger partial charge on any atom is -0.267 e. The Labute approximate surface area is 140 Å².